The average molecular weight is 402 g/mol. The van der Waals surface area contributed by atoms with Crippen LogP contribution in [0.3, 0.4) is 0 Å². The molecule has 0 saturated carbocycles. The van der Waals surface area contributed by atoms with E-state index in [4.69, 9.17) is 9.47 Å². The molecule has 4 rings (SSSR count). The van der Waals surface area contributed by atoms with Gasteiger partial charge in [-0.15, -0.1) is 0 Å². The number of piperidine rings is 1. The molecule has 156 valence electrons. The maximum atomic E-state index is 13.0. The van der Waals surface area contributed by atoms with E-state index in [1.807, 2.05) is 28.9 Å². The molecule has 29 heavy (non-hydrogen) atoms. The Hall–Kier alpha value is -2.45. The van der Waals surface area contributed by atoms with Gasteiger partial charge in [0.2, 0.25) is 5.91 Å². The van der Waals surface area contributed by atoms with Crippen LogP contribution in [0.25, 0.3) is 0 Å². The van der Waals surface area contributed by atoms with Crippen molar-refractivity contribution < 1.29 is 18.7 Å². The van der Waals surface area contributed by atoms with Gasteiger partial charge in [-0.2, -0.15) is 5.10 Å². The number of nitrogens with zero attached hydrogens (tertiary/aromatic N) is 4. The molecule has 1 amide bonds. The molecule has 1 aromatic heterocycles. The van der Waals surface area contributed by atoms with Crippen molar-refractivity contribution in [1.29, 1.82) is 0 Å². The average Bonchev–Trinajstić information content (AvgIpc) is 3.14. The van der Waals surface area contributed by atoms with Crippen LogP contribution in [0.1, 0.15) is 18.5 Å². The lowest BCUT2D eigenvalue weighted by Gasteiger charge is -2.42. The molecule has 0 bridgehead atoms. The van der Waals surface area contributed by atoms with Gasteiger partial charge in [-0.25, -0.2) is 4.39 Å². The summed E-state index contributed by atoms with van der Waals surface area (Å²) in [5.41, 5.74) is 1.20. The number of likely N-dealkylation sites (tertiary alicyclic amines) is 1. The number of aromatic nitrogens is 2. The molecule has 7 nitrogen and oxygen atoms in total. The highest BCUT2D eigenvalue weighted by Gasteiger charge is 2.33. The fraction of sp³-hybridized carbons (Fsp3) is 0.524. The summed E-state index contributed by atoms with van der Waals surface area (Å²) in [7, 11) is 1.96. The molecular weight excluding hydrogens is 375 g/mol. The van der Waals surface area contributed by atoms with Crippen LogP contribution in [0, 0.1) is 5.82 Å². The molecule has 2 aromatic rings. The Morgan fingerprint density at radius 2 is 1.97 bits per heavy atom. The van der Waals surface area contributed by atoms with Crippen molar-refractivity contribution >= 4 is 5.91 Å². The van der Waals surface area contributed by atoms with Crippen molar-refractivity contribution in [3.63, 3.8) is 0 Å². The molecule has 2 fully saturated rings. The van der Waals surface area contributed by atoms with Crippen LogP contribution in [0.4, 0.5) is 4.39 Å². The summed E-state index contributed by atoms with van der Waals surface area (Å²) in [6, 6.07) is 8.21. The molecule has 2 aliphatic rings. The van der Waals surface area contributed by atoms with Gasteiger partial charge in [0.1, 0.15) is 30.9 Å². The number of hydrogen-bond acceptors (Lipinski definition) is 5. The molecule has 0 aliphatic carbocycles. The number of hydrogen-bond donors (Lipinski definition) is 0. The number of carbonyl (C=O) groups excluding carboxylic acids is 1. The van der Waals surface area contributed by atoms with Crippen molar-refractivity contribution in [3.8, 4) is 5.75 Å². The van der Waals surface area contributed by atoms with Gasteiger partial charge in [-0.05, 0) is 43.2 Å². The van der Waals surface area contributed by atoms with Crippen LogP contribution in [-0.4, -0.2) is 70.5 Å². The molecule has 0 spiro atoms. The van der Waals surface area contributed by atoms with Crippen LogP contribution in [0.2, 0.25) is 0 Å². The minimum Gasteiger partial charge on any atom is -0.491 e. The maximum absolute atomic E-state index is 13.0. The number of ether oxygens (including phenoxy) is 2. The second-order valence-corrected chi connectivity index (χ2v) is 7.70. The standard InChI is InChI=1S/C21H27FN4O3/c1-24-18(6-9-23-24)12-25-10-7-17(8-11-25)26-13-20(29-15-21(26)27)14-28-19-4-2-16(22)3-5-19/h2-6,9,17,20H,7-8,10-15H2,1H3/t20-/m1/s1. The quantitative estimate of drug-likeness (QED) is 0.738. The third kappa shape index (κ3) is 4.94. The van der Waals surface area contributed by atoms with Crippen LogP contribution in [0.5, 0.6) is 5.75 Å². The molecule has 0 radical (unpaired) electrons. The first-order valence-corrected chi connectivity index (χ1v) is 10.1. The lowest BCUT2D eigenvalue weighted by Crippen LogP contribution is -2.55. The number of carbonyl (C=O) groups is 1. The Morgan fingerprint density at radius 1 is 1.21 bits per heavy atom. The second-order valence-electron chi connectivity index (χ2n) is 7.70. The zero-order chi connectivity index (χ0) is 20.2. The minimum atomic E-state index is -0.294. The summed E-state index contributed by atoms with van der Waals surface area (Å²) in [6.45, 7) is 3.76. The third-order valence-corrected chi connectivity index (χ3v) is 5.72. The van der Waals surface area contributed by atoms with Crippen molar-refractivity contribution in [1.82, 2.24) is 19.6 Å². The van der Waals surface area contributed by atoms with Gasteiger partial charge in [0.15, 0.2) is 0 Å². The third-order valence-electron chi connectivity index (χ3n) is 5.72. The predicted octanol–water partition coefficient (Wildman–Crippen LogP) is 1.83. The Balaban J connectivity index is 1.27. The number of halogens is 1. The van der Waals surface area contributed by atoms with E-state index in [1.165, 1.54) is 17.8 Å². The van der Waals surface area contributed by atoms with Gasteiger partial charge in [-0.1, -0.05) is 0 Å². The SMILES string of the molecule is Cn1nccc1CN1CCC(N2C[C@H](COc3ccc(F)cc3)OCC2=O)CC1. The smallest absolute Gasteiger partial charge is 0.248 e. The fourth-order valence-electron chi connectivity index (χ4n) is 3.99. The molecule has 1 aromatic carbocycles. The van der Waals surface area contributed by atoms with Gasteiger partial charge < -0.3 is 14.4 Å². The summed E-state index contributed by atoms with van der Waals surface area (Å²) in [5, 5.41) is 4.23. The highest BCUT2D eigenvalue weighted by atomic mass is 19.1. The largest absolute Gasteiger partial charge is 0.491 e. The Kier molecular flexibility index (Phi) is 6.10. The van der Waals surface area contributed by atoms with Crippen molar-refractivity contribution in [2.75, 3.05) is 32.8 Å². The van der Waals surface area contributed by atoms with E-state index >= 15 is 0 Å². The number of benzene rings is 1. The molecule has 3 heterocycles. The predicted molar refractivity (Wildman–Crippen MR) is 105 cm³/mol. The number of amides is 1. The topological polar surface area (TPSA) is 59.8 Å². The number of aryl methyl sites for hydroxylation is 1. The van der Waals surface area contributed by atoms with E-state index in [9.17, 15) is 9.18 Å². The molecule has 0 N–H and O–H groups in total. The van der Waals surface area contributed by atoms with E-state index in [1.54, 1.807) is 12.1 Å². The Bertz CT molecular complexity index is 818. The summed E-state index contributed by atoms with van der Waals surface area (Å²) >= 11 is 0. The van der Waals surface area contributed by atoms with Gasteiger partial charge in [0, 0.05) is 38.9 Å². The summed E-state index contributed by atoms with van der Waals surface area (Å²) in [6.07, 6.45) is 3.55. The summed E-state index contributed by atoms with van der Waals surface area (Å²) < 4.78 is 26.3. The lowest BCUT2D eigenvalue weighted by molar-refractivity contribution is -0.155. The number of morpholine rings is 1. The van der Waals surface area contributed by atoms with Crippen molar-refractivity contribution in [3.05, 3.63) is 48.0 Å². The van der Waals surface area contributed by atoms with Crippen LogP contribution >= 0.6 is 0 Å². The Labute approximate surface area is 170 Å². The van der Waals surface area contributed by atoms with Crippen LogP contribution in [0.15, 0.2) is 36.5 Å². The second kappa shape index (κ2) is 8.92. The van der Waals surface area contributed by atoms with Gasteiger partial charge in [0.05, 0.1) is 12.2 Å². The molecule has 0 unspecified atom stereocenters. The lowest BCUT2D eigenvalue weighted by atomic mass is 10.0. The van der Waals surface area contributed by atoms with Crippen molar-refractivity contribution in [2.24, 2.45) is 7.05 Å². The molecule has 2 aliphatic heterocycles. The number of rotatable bonds is 6. The zero-order valence-corrected chi connectivity index (χ0v) is 16.7. The summed E-state index contributed by atoms with van der Waals surface area (Å²) in [4.78, 5) is 16.8. The van der Waals surface area contributed by atoms with Crippen molar-refractivity contribution in [2.45, 2.75) is 31.5 Å². The monoisotopic (exact) mass is 402 g/mol. The normalized spacial score (nSPS) is 21.5. The highest BCUT2D eigenvalue weighted by Crippen LogP contribution is 2.22. The highest BCUT2D eigenvalue weighted by molar-refractivity contribution is 5.78. The first kappa shape index (κ1) is 19.8. The van der Waals surface area contributed by atoms with Crippen LogP contribution in [-0.2, 0) is 23.1 Å². The van der Waals surface area contributed by atoms with Gasteiger partial charge >= 0.3 is 0 Å². The Morgan fingerprint density at radius 3 is 2.66 bits per heavy atom. The van der Waals surface area contributed by atoms with Gasteiger partial charge in [0.25, 0.3) is 0 Å². The van der Waals surface area contributed by atoms with Crippen LogP contribution < -0.4 is 4.74 Å². The first-order valence-electron chi connectivity index (χ1n) is 10.1. The molecule has 1 atom stereocenters. The van der Waals surface area contributed by atoms with E-state index in [0.29, 0.717) is 18.9 Å². The maximum Gasteiger partial charge on any atom is 0.248 e. The minimum absolute atomic E-state index is 0.0492. The van der Waals surface area contributed by atoms with E-state index in [0.717, 1.165) is 32.5 Å². The molecule has 8 heteroatoms. The molecular formula is C21H27FN4O3. The van der Waals surface area contributed by atoms with E-state index in [2.05, 4.69) is 10.00 Å². The van der Waals surface area contributed by atoms with E-state index in [-0.39, 0.29) is 30.5 Å². The van der Waals surface area contributed by atoms with Gasteiger partial charge in [-0.3, -0.25) is 14.4 Å². The first-order chi connectivity index (χ1) is 14.1. The zero-order valence-electron chi connectivity index (χ0n) is 16.7. The molecule has 2 saturated heterocycles. The fourth-order valence-corrected chi connectivity index (χ4v) is 3.99. The van der Waals surface area contributed by atoms with E-state index < -0.39 is 0 Å². The summed E-state index contributed by atoms with van der Waals surface area (Å²) in [5.74, 6) is 0.354.